The van der Waals surface area contributed by atoms with E-state index in [1.165, 1.54) is 12.8 Å². The second-order valence-corrected chi connectivity index (χ2v) is 10.9. The fraction of sp³-hybridized carbons (Fsp3) is 0.758. The average molecular weight is 627 g/mol. The molecule has 0 heterocycles. The molecular formula is C33H54O11. The molecule has 0 radical (unpaired) electrons. The van der Waals surface area contributed by atoms with Crippen LogP contribution in [0, 0.1) is 5.41 Å². The summed E-state index contributed by atoms with van der Waals surface area (Å²) in [5, 5.41) is 0. The fourth-order valence-corrected chi connectivity index (χ4v) is 3.99. The summed E-state index contributed by atoms with van der Waals surface area (Å²) in [6.45, 7) is 3.45. The lowest BCUT2D eigenvalue weighted by Crippen LogP contribution is -2.43. The number of hydrogen-bond donors (Lipinski definition) is 0. The predicted octanol–water partition coefficient (Wildman–Crippen LogP) is 5.75. The van der Waals surface area contributed by atoms with Crippen LogP contribution >= 0.6 is 0 Å². The van der Waals surface area contributed by atoms with Crippen molar-refractivity contribution >= 4 is 36.6 Å². The Balaban J connectivity index is 4.83. The topological polar surface area (TPSA) is 149 Å². The molecule has 0 aromatic carbocycles. The van der Waals surface area contributed by atoms with Gasteiger partial charge in [0.15, 0.2) is 0 Å². The summed E-state index contributed by atoms with van der Waals surface area (Å²) in [7, 11) is 0. The summed E-state index contributed by atoms with van der Waals surface area (Å²) in [5.74, 6) is -1.88. The van der Waals surface area contributed by atoms with Crippen molar-refractivity contribution in [2.24, 2.45) is 5.41 Å². The van der Waals surface area contributed by atoms with E-state index in [1.807, 2.05) is 13.0 Å². The fourth-order valence-electron chi connectivity index (χ4n) is 3.99. The third-order valence-electron chi connectivity index (χ3n) is 6.71. The van der Waals surface area contributed by atoms with Crippen molar-refractivity contribution in [2.75, 3.05) is 33.0 Å². The first-order chi connectivity index (χ1) is 21.3. The van der Waals surface area contributed by atoms with Gasteiger partial charge in [0.25, 0.3) is 6.47 Å². The zero-order valence-corrected chi connectivity index (χ0v) is 26.9. The quantitative estimate of drug-likeness (QED) is 0.0316. The molecule has 0 bridgehead atoms. The highest BCUT2D eigenvalue weighted by Crippen LogP contribution is 2.22. The van der Waals surface area contributed by atoms with Crippen LogP contribution in [0.5, 0.6) is 0 Å². The second kappa shape index (κ2) is 28.5. The Morgan fingerprint density at radius 2 is 0.955 bits per heavy atom. The molecule has 44 heavy (non-hydrogen) atoms. The lowest BCUT2D eigenvalue weighted by molar-refractivity contribution is -0.168. The molecule has 0 spiro atoms. The molecule has 0 aromatic heterocycles. The monoisotopic (exact) mass is 626 g/mol. The van der Waals surface area contributed by atoms with E-state index in [2.05, 4.69) is 13.0 Å². The molecule has 0 rings (SSSR count). The predicted molar refractivity (Wildman–Crippen MR) is 163 cm³/mol. The van der Waals surface area contributed by atoms with Crippen molar-refractivity contribution in [1.82, 2.24) is 0 Å². The molecule has 1 unspecified atom stereocenters. The zero-order chi connectivity index (χ0) is 32.7. The van der Waals surface area contributed by atoms with E-state index in [-0.39, 0.29) is 64.6 Å². The van der Waals surface area contributed by atoms with Crippen molar-refractivity contribution in [3.05, 3.63) is 12.2 Å². The minimum absolute atomic E-state index is 0.0335. The largest absolute Gasteiger partial charge is 0.467 e. The van der Waals surface area contributed by atoms with E-state index in [0.29, 0.717) is 51.6 Å². The van der Waals surface area contributed by atoms with Gasteiger partial charge in [0.1, 0.15) is 38.1 Å². The molecule has 11 heteroatoms. The van der Waals surface area contributed by atoms with Gasteiger partial charge in [0, 0.05) is 32.1 Å². The molecule has 0 aliphatic rings. The number of esters is 4. The van der Waals surface area contributed by atoms with Gasteiger partial charge in [0.2, 0.25) is 0 Å². The zero-order valence-electron chi connectivity index (χ0n) is 26.9. The number of allylic oxidation sites excluding steroid dienone is 1. The SMILES string of the molecule is CCCCC/C=C\CCOC(=O)CCCCC(=O)OCC(COC=O)(COC(=O)CCCCC)COC(=O)CCCCC=O. The molecule has 0 saturated heterocycles. The van der Waals surface area contributed by atoms with Crippen molar-refractivity contribution < 1.29 is 52.5 Å². The molecule has 0 fully saturated rings. The summed E-state index contributed by atoms with van der Waals surface area (Å²) in [5.41, 5.74) is -1.30. The summed E-state index contributed by atoms with van der Waals surface area (Å²) >= 11 is 0. The highest BCUT2D eigenvalue weighted by Gasteiger charge is 2.37. The van der Waals surface area contributed by atoms with Crippen LogP contribution in [0.3, 0.4) is 0 Å². The minimum Gasteiger partial charge on any atom is -0.467 e. The van der Waals surface area contributed by atoms with E-state index in [4.69, 9.17) is 23.7 Å². The second-order valence-electron chi connectivity index (χ2n) is 10.9. The van der Waals surface area contributed by atoms with Crippen molar-refractivity contribution in [2.45, 2.75) is 123 Å². The van der Waals surface area contributed by atoms with Gasteiger partial charge in [-0.2, -0.15) is 0 Å². The molecular weight excluding hydrogens is 572 g/mol. The molecule has 252 valence electrons. The number of hydrogen-bond acceptors (Lipinski definition) is 11. The number of aldehydes is 1. The Morgan fingerprint density at radius 1 is 0.523 bits per heavy atom. The first-order valence-corrected chi connectivity index (χ1v) is 16.1. The molecule has 1 atom stereocenters. The van der Waals surface area contributed by atoms with Crippen molar-refractivity contribution in [3.8, 4) is 0 Å². The van der Waals surface area contributed by atoms with Crippen LogP contribution in [0.25, 0.3) is 0 Å². The number of carbonyl (C=O) groups is 6. The van der Waals surface area contributed by atoms with Crippen LogP contribution in [0.1, 0.15) is 123 Å². The molecule has 0 amide bonds. The Kier molecular flexibility index (Phi) is 26.4. The number of unbranched alkanes of at least 4 members (excludes halogenated alkanes) is 8. The van der Waals surface area contributed by atoms with Gasteiger partial charge in [-0.05, 0) is 51.4 Å². The van der Waals surface area contributed by atoms with Gasteiger partial charge in [0.05, 0.1) is 6.61 Å². The molecule has 0 aliphatic carbocycles. The van der Waals surface area contributed by atoms with Crippen molar-refractivity contribution in [3.63, 3.8) is 0 Å². The van der Waals surface area contributed by atoms with Crippen LogP contribution in [0.15, 0.2) is 12.2 Å². The van der Waals surface area contributed by atoms with E-state index >= 15 is 0 Å². The summed E-state index contributed by atoms with van der Waals surface area (Å²) in [4.78, 5) is 70.5. The summed E-state index contributed by atoms with van der Waals surface area (Å²) < 4.78 is 26.4. The first-order valence-electron chi connectivity index (χ1n) is 16.1. The molecule has 0 saturated carbocycles. The summed E-state index contributed by atoms with van der Waals surface area (Å²) in [6, 6.07) is 0. The summed E-state index contributed by atoms with van der Waals surface area (Å²) in [6.07, 6.45) is 15.3. The number of rotatable bonds is 30. The highest BCUT2D eigenvalue weighted by molar-refractivity contribution is 5.71. The van der Waals surface area contributed by atoms with Crippen LogP contribution in [0.2, 0.25) is 0 Å². The van der Waals surface area contributed by atoms with Gasteiger partial charge >= 0.3 is 23.9 Å². The van der Waals surface area contributed by atoms with Crippen LogP contribution < -0.4 is 0 Å². The molecule has 0 N–H and O–H groups in total. The van der Waals surface area contributed by atoms with E-state index in [9.17, 15) is 28.8 Å². The van der Waals surface area contributed by atoms with Gasteiger partial charge in [-0.3, -0.25) is 24.0 Å². The maximum absolute atomic E-state index is 12.5. The van der Waals surface area contributed by atoms with E-state index < -0.39 is 23.3 Å². The maximum atomic E-state index is 12.5. The lowest BCUT2D eigenvalue weighted by atomic mass is 9.92. The highest BCUT2D eigenvalue weighted by atomic mass is 16.6. The van der Waals surface area contributed by atoms with Gasteiger partial charge in [-0.1, -0.05) is 51.7 Å². The molecule has 0 aliphatic heterocycles. The van der Waals surface area contributed by atoms with E-state index in [0.717, 1.165) is 32.0 Å². The van der Waals surface area contributed by atoms with Crippen molar-refractivity contribution in [1.29, 1.82) is 0 Å². The molecule has 0 aromatic rings. The number of carbonyl (C=O) groups excluding carboxylic acids is 6. The number of ether oxygens (including phenoxy) is 5. The standard InChI is InChI=1S/C33H54O11/c1-3-5-7-8-9-10-17-23-41-29(36)20-14-15-21-32(39)44-27-33(24-40-28-35,25-42-30(37)18-12-6-4-2)26-43-31(38)19-13-11-16-22-34/h9-10,22,28H,3-8,11-21,23-27H2,1-2H3/b10-9-. The Labute approximate surface area is 262 Å². The van der Waals surface area contributed by atoms with Crippen LogP contribution in [-0.2, 0) is 52.5 Å². The normalized spacial score (nSPS) is 12.2. The van der Waals surface area contributed by atoms with Gasteiger partial charge in [-0.15, -0.1) is 0 Å². The maximum Gasteiger partial charge on any atom is 0.305 e. The first kappa shape index (κ1) is 40.8. The van der Waals surface area contributed by atoms with E-state index in [1.54, 1.807) is 0 Å². The smallest absolute Gasteiger partial charge is 0.305 e. The molecule has 11 nitrogen and oxygen atoms in total. The third kappa shape index (κ3) is 24.2. The Morgan fingerprint density at radius 3 is 1.45 bits per heavy atom. The third-order valence-corrected chi connectivity index (χ3v) is 6.71. The van der Waals surface area contributed by atoms with Crippen LogP contribution in [0.4, 0.5) is 0 Å². The van der Waals surface area contributed by atoms with Gasteiger partial charge in [-0.25, -0.2) is 0 Å². The Hall–Kier alpha value is -3.24. The minimum atomic E-state index is -1.30. The lowest BCUT2D eigenvalue weighted by Gasteiger charge is -2.31. The van der Waals surface area contributed by atoms with Gasteiger partial charge < -0.3 is 28.5 Å². The Bertz CT molecular complexity index is 840. The average Bonchev–Trinajstić information content (AvgIpc) is 3.02. The van der Waals surface area contributed by atoms with Crippen LogP contribution in [-0.4, -0.2) is 69.7 Å².